The van der Waals surface area contributed by atoms with Crippen LogP contribution in [0.4, 0.5) is 0 Å². The van der Waals surface area contributed by atoms with Crippen LogP contribution < -0.4 is 0 Å². The molecule has 15 heavy (non-hydrogen) atoms. The smallest absolute Gasteiger partial charge is 0.253 e. The molecule has 0 atom stereocenters. The Balaban J connectivity index is 2.91. The van der Waals surface area contributed by atoms with Gasteiger partial charge in [0.2, 0.25) is 0 Å². The first-order chi connectivity index (χ1) is 7.06. The quantitative estimate of drug-likeness (QED) is 0.725. The molecule has 82 valence electrons. The van der Waals surface area contributed by atoms with Crippen LogP contribution in [0.5, 0.6) is 0 Å². The van der Waals surface area contributed by atoms with Gasteiger partial charge in [-0.2, -0.15) is 0 Å². The lowest BCUT2D eigenvalue weighted by Crippen LogP contribution is -2.29. The zero-order valence-corrected chi connectivity index (χ0v) is 10.1. The average Bonchev–Trinajstić information content (AvgIpc) is 2.17. The van der Waals surface area contributed by atoms with Crippen LogP contribution in [0.15, 0.2) is 18.2 Å². The molecule has 0 bridgehead atoms. The fourth-order valence-electron chi connectivity index (χ4n) is 1.49. The van der Waals surface area contributed by atoms with Crippen molar-refractivity contribution < 1.29 is 4.79 Å². The molecule has 0 spiro atoms. The van der Waals surface area contributed by atoms with Crippen LogP contribution in [0, 0.1) is 13.8 Å². The molecule has 0 N–H and O–H groups in total. The van der Waals surface area contributed by atoms with E-state index in [1.165, 1.54) is 5.56 Å². The fraction of sp³-hybridized carbons (Fsp3) is 0.417. The summed E-state index contributed by atoms with van der Waals surface area (Å²) in [6.45, 7) is 4.55. The van der Waals surface area contributed by atoms with Crippen molar-refractivity contribution in [3.8, 4) is 0 Å². The monoisotopic (exact) mass is 225 g/mol. The first-order valence-electron chi connectivity index (χ1n) is 4.95. The van der Waals surface area contributed by atoms with Gasteiger partial charge in [0.15, 0.2) is 0 Å². The van der Waals surface area contributed by atoms with Crippen molar-refractivity contribution in [1.82, 2.24) is 4.90 Å². The van der Waals surface area contributed by atoms with E-state index in [4.69, 9.17) is 11.6 Å². The lowest BCUT2D eigenvalue weighted by Gasteiger charge is -2.17. The molecule has 2 nitrogen and oxygen atoms in total. The normalized spacial score (nSPS) is 10.1. The second-order valence-electron chi connectivity index (χ2n) is 3.73. The third kappa shape index (κ3) is 2.96. The summed E-state index contributed by atoms with van der Waals surface area (Å²) in [5, 5.41) is 0. The number of carbonyl (C=O) groups excluding carboxylic acids is 1. The van der Waals surface area contributed by atoms with Gasteiger partial charge in [-0.3, -0.25) is 4.79 Å². The number of carbonyl (C=O) groups is 1. The van der Waals surface area contributed by atoms with Crippen molar-refractivity contribution in [2.75, 3.05) is 19.5 Å². The molecule has 0 aliphatic carbocycles. The molecule has 0 heterocycles. The van der Waals surface area contributed by atoms with Crippen molar-refractivity contribution in [2.24, 2.45) is 0 Å². The zero-order chi connectivity index (χ0) is 11.4. The number of aryl methyl sites for hydroxylation is 2. The maximum Gasteiger partial charge on any atom is 0.253 e. The van der Waals surface area contributed by atoms with Gasteiger partial charge in [-0.05, 0) is 25.5 Å². The summed E-state index contributed by atoms with van der Waals surface area (Å²) in [5.41, 5.74) is 2.94. The summed E-state index contributed by atoms with van der Waals surface area (Å²) in [6, 6.07) is 5.84. The van der Waals surface area contributed by atoms with Crippen molar-refractivity contribution in [1.29, 1.82) is 0 Å². The number of amides is 1. The van der Waals surface area contributed by atoms with Crippen LogP contribution >= 0.6 is 11.6 Å². The maximum absolute atomic E-state index is 11.9. The molecular formula is C12H16ClNO. The van der Waals surface area contributed by atoms with Gasteiger partial charge < -0.3 is 4.90 Å². The highest BCUT2D eigenvalue weighted by Gasteiger charge is 2.12. The Bertz CT molecular complexity index is 363. The van der Waals surface area contributed by atoms with Crippen LogP contribution in [0.3, 0.4) is 0 Å². The topological polar surface area (TPSA) is 20.3 Å². The maximum atomic E-state index is 11.9. The van der Waals surface area contributed by atoms with Crippen molar-refractivity contribution in [2.45, 2.75) is 13.8 Å². The molecule has 3 heteroatoms. The summed E-state index contributed by atoms with van der Waals surface area (Å²) in [4.78, 5) is 13.6. The molecule has 0 aliphatic heterocycles. The van der Waals surface area contributed by atoms with E-state index < -0.39 is 0 Å². The second-order valence-corrected chi connectivity index (χ2v) is 4.11. The van der Waals surface area contributed by atoms with E-state index in [1.54, 1.807) is 11.9 Å². The van der Waals surface area contributed by atoms with Gasteiger partial charge in [-0.1, -0.05) is 17.7 Å². The molecule has 0 unspecified atom stereocenters. The average molecular weight is 226 g/mol. The third-order valence-corrected chi connectivity index (χ3v) is 2.55. The van der Waals surface area contributed by atoms with Crippen LogP contribution in [0.2, 0.25) is 0 Å². The number of benzene rings is 1. The first kappa shape index (κ1) is 12.1. The highest BCUT2D eigenvalue weighted by Crippen LogP contribution is 2.12. The van der Waals surface area contributed by atoms with E-state index in [0.29, 0.717) is 12.4 Å². The summed E-state index contributed by atoms with van der Waals surface area (Å²) >= 11 is 5.60. The van der Waals surface area contributed by atoms with Gasteiger partial charge >= 0.3 is 0 Å². The minimum atomic E-state index is 0.0353. The van der Waals surface area contributed by atoms with Gasteiger partial charge in [0.1, 0.15) is 0 Å². The first-order valence-corrected chi connectivity index (χ1v) is 5.48. The predicted molar refractivity (Wildman–Crippen MR) is 63.6 cm³/mol. The fourth-order valence-corrected chi connectivity index (χ4v) is 1.74. The van der Waals surface area contributed by atoms with E-state index in [2.05, 4.69) is 0 Å². The Morgan fingerprint density at radius 3 is 2.60 bits per heavy atom. The Labute approximate surface area is 95.8 Å². The number of alkyl halides is 1. The van der Waals surface area contributed by atoms with E-state index in [-0.39, 0.29) is 5.91 Å². The summed E-state index contributed by atoms with van der Waals surface area (Å²) in [5.74, 6) is 0.501. The van der Waals surface area contributed by atoms with Crippen LogP contribution in [-0.4, -0.2) is 30.3 Å². The molecule has 0 fully saturated rings. The number of halogens is 1. The molecule has 0 saturated heterocycles. The standard InChI is InChI=1S/C12H16ClNO/c1-9-4-5-11(10(2)8-9)12(15)14(3)7-6-13/h4-5,8H,6-7H2,1-3H3. The summed E-state index contributed by atoms with van der Waals surface area (Å²) in [7, 11) is 1.77. The van der Waals surface area contributed by atoms with Gasteiger partial charge in [-0.15, -0.1) is 11.6 Å². The number of hydrogen-bond donors (Lipinski definition) is 0. The Kier molecular flexibility index (Phi) is 4.15. The van der Waals surface area contributed by atoms with Crippen molar-refractivity contribution in [3.63, 3.8) is 0 Å². The predicted octanol–water partition coefficient (Wildman–Crippen LogP) is 2.61. The highest BCUT2D eigenvalue weighted by molar-refractivity contribution is 6.18. The zero-order valence-electron chi connectivity index (χ0n) is 9.38. The lowest BCUT2D eigenvalue weighted by atomic mass is 10.0. The Morgan fingerprint density at radius 1 is 1.40 bits per heavy atom. The van der Waals surface area contributed by atoms with Crippen LogP contribution in [0.1, 0.15) is 21.5 Å². The van der Waals surface area contributed by atoms with Gasteiger partial charge in [0.05, 0.1) is 0 Å². The minimum Gasteiger partial charge on any atom is -0.341 e. The number of hydrogen-bond acceptors (Lipinski definition) is 1. The Morgan fingerprint density at radius 2 is 2.07 bits per heavy atom. The molecule has 0 aliphatic rings. The summed E-state index contributed by atoms with van der Waals surface area (Å²) in [6.07, 6.45) is 0. The van der Waals surface area contributed by atoms with E-state index in [1.807, 2.05) is 32.0 Å². The summed E-state index contributed by atoms with van der Waals surface area (Å²) < 4.78 is 0. The van der Waals surface area contributed by atoms with E-state index in [0.717, 1.165) is 11.1 Å². The van der Waals surface area contributed by atoms with E-state index >= 15 is 0 Å². The lowest BCUT2D eigenvalue weighted by molar-refractivity contribution is 0.0802. The highest BCUT2D eigenvalue weighted by atomic mass is 35.5. The molecule has 0 radical (unpaired) electrons. The van der Waals surface area contributed by atoms with Gasteiger partial charge in [0.25, 0.3) is 5.91 Å². The van der Waals surface area contributed by atoms with Gasteiger partial charge in [-0.25, -0.2) is 0 Å². The molecular weight excluding hydrogens is 210 g/mol. The van der Waals surface area contributed by atoms with Crippen molar-refractivity contribution >= 4 is 17.5 Å². The molecule has 1 aromatic rings. The molecule has 1 aromatic carbocycles. The molecule has 1 rings (SSSR count). The largest absolute Gasteiger partial charge is 0.341 e. The molecule has 1 amide bonds. The number of nitrogens with zero attached hydrogens (tertiary/aromatic N) is 1. The molecule has 0 saturated carbocycles. The minimum absolute atomic E-state index is 0.0353. The SMILES string of the molecule is Cc1ccc(C(=O)N(C)CCCl)c(C)c1. The van der Waals surface area contributed by atoms with Crippen LogP contribution in [-0.2, 0) is 0 Å². The Hall–Kier alpha value is -1.02. The van der Waals surface area contributed by atoms with E-state index in [9.17, 15) is 4.79 Å². The molecule has 0 aromatic heterocycles. The van der Waals surface area contributed by atoms with Gasteiger partial charge in [0, 0.05) is 25.0 Å². The van der Waals surface area contributed by atoms with Crippen LogP contribution in [0.25, 0.3) is 0 Å². The second kappa shape index (κ2) is 5.17. The third-order valence-electron chi connectivity index (χ3n) is 2.38. The van der Waals surface area contributed by atoms with Crippen molar-refractivity contribution in [3.05, 3.63) is 34.9 Å². The number of rotatable bonds is 3.